The van der Waals surface area contributed by atoms with Crippen LogP contribution < -0.4 is 10.6 Å². The van der Waals surface area contributed by atoms with Crippen molar-refractivity contribution in [2.75, 3.05) is 19.8 Å². The van der Waals surface area contributed by atoms with Gasteiger partial charge in [-0.1, -0.05) is 30.3 Å². The average Bonchev–Trinajstić information content (AvgIpc) is 3.04. The third-order valence-electron chi connectivity index (χ3n) is 3.16. The van der Waals surface area contributed by atoms with Gasteiger partial charge in [-0.25, -0.2) is 9.18 Å². The highest BCUT2D eigenvalue weighted by molar-refractivity contribution is 5.73. The van der Waals surface area contributed by atoms with Crippen molar-refractivity contribution in [2.45, 2.75) is 12.3 Å². The molecule has 1 aromatic heterocycles. The number of hydrogen-bond acceptors (Lipinski definition) is 2. The van der Waals surface area contributed by atoms with Gasteiger partial charge < -0.3 is 15.1 Å². The Balaban J connectivity index is 1.95. The van der Waals surface area contributed by atoms with Crippen LogP contribution in [0.25, 0.3) is 0 Å². The zero-order valence-electron chi connectivity index (χ0n) is 11.7. The molecule has 5 heteroatoms. The molecule has 1 atom stereocenters. The Labute approximate surface area is 123 Å². The number of carbonyl (C=O) groups is 1. The summed E-state index contributed by atoms with van der Waals surface area (Å²) >= 11 is 0. The molecule has 4 nitrogen and oxygen atoms in total. The van der Waals surface area contributed by atoms with E-state index in [9.17, 15) is 9.18 Å². The molecule has 2 N–H and O–H groups in total. The summed E-state index contributed by atoms with van der Waals surface area (Å²) in [5.41, 5.74) is 1.17. The van der Waals surface area contributed by atoms with Crippen LogP contribution in [0.5, 0.6) is 0 Å². The first kappa shape index (κ1) is 15.1. The van der Waals surface area contributed by atoms with Crippen LogP contribution in [-0.2, 0) is 6.42 Å². The lowest BCUT2D eigenvalue weighted by atomic mass is 9.97. The second kappa shape index (κ2) is 8.09. The first-order valence-electron chi connectivity index (χ1n) is 6.94. The van der Waals surface area contributed by atoms with Crippen molar-refractivity contribution in [3.8, 4) is 0 Å². The Hall–Kier alpha value is -2.30. The Morgan fingerprint density at radius 2 is 1.95 bits per heavy atom. The summed E-state index contributed by atoms with van der Waals surface area (Å²) in [5.74, 6) is 0.864. The molecule has 2 amide bonds. The lowest BCUT2D eigenvalue weighted by molar-refractivity contribution is 0.238. The molecule has 0 radical (unpaired) electrons. The molecule has 1 aromatic carbocycles. The number of alkyl halides is 1. The molecular formula is C16H19FN2O2. The molecule has 0 bridgehead atoms. The minimum atomic E-state index is -0.570. The van der Waals surface area contributed by atoms with Gasteiger partial charge >= 0.3 is 6.03 Å². The minimum absolute atomic E-state index is 0.0237. The molecule has 0 spiro atoms. The van der Waals surface area contributed by atoms with Gasteiger partial charge in [0.2, 0.25) is 0 Å². The molecule has 1 unspecified atom stereocenters. The molecule has 0 aliphatic heterocycles. The van der Waals surface area contributed by atoms with Gasteiger partial charge in [-0.2, -0.15) is 0 Å². The molecule has 0 aliphatic rings. The van der Waals surface area contributed by atoms with E-state index < -0.39 is 6.67 Å². The van der Waals surface area contributed by atoms with Crippen LogP contribution in [-0.4, -0.2) is 25.8 Å². The van der Waals surface area contributed by atoms with Crippen LogP contribution in [0.4, 0.5) is 9.18 Å². The van der Waals surface area contributed by atoms with E-state index in [1.807, 2.05) is 42.5 Å². The Kier molecular flexibility index (Phi) is 5.82. The van der Waals surface area contributed by atoms with E-state index in [1.54, 1.807) is 6.26 Å². The van der Waals surface area contributed by atoms with Crippen LogP contribution >= 0.6 is 0 Å². The summed E-state index contributed by atoms with van der Waals surface area (Å²) in [7, 11) is 0. The van der Waals surface area contributed by atoms with Gasteiger partial charge in [-0.05, 0) is 24.1 Å². The highest BCUT2D eigenvalue weighted by Gasteiger charge is 2.16. The van der Waals surface area contributed by atoms with E-state index in [0.29, 0.717) is 6.54 Å². The van der Waals surface area contributed by atoms with Crippen LogP contribution in [0.2, 0.25) is 0 Å². The Morgan fingerprint density at radius 1 is 1.14 bits per heavy atom. The molecule has 1 heterocycles. The normalized spacial score (nSPS) is 11.9. The summed E-state index contributed by atoms with van der Waals surface area (Å²) in [6.45, 7) is -0.116. The second-order valence-electron chi connectivity index (χ2n) is 4.73. The second-order valence-corrected chi connectivity index (χ2v) is 4.73. The lowest BCUT2D eigenvalue weighted by Crippen LogP contribution is -2.39. The average molecular weight is 290 g/mol. The van der Waals surface area contributed by atoms with Crippen LogP contribution in [0.1, 0.15) is 17.2 Å². The first-order valence-corrected chi connectivity index (χ1v) is 6.94. The number of halogens is 1. The number of nitrogens with one attached hydrogen (secondary N) is 2. The van der Waals surface area contributed by atoms with Crippen molar-refractivity contribution in [3.05, 3.63) is 60.1 Å². The predicted octanol–water partition coefficient (Wildman–Crippen LogP) is 2.87. The largest absolute Gasteiger partial charge is 0.469 e. The highest BCUT2D eigenvalue weighted by atomic mass is 19.1. The molecule has 2 rings (SSSR count). The van der Waals surface area contributed by atoms with Crippen molar-refractivity contribution >= 4 is 6.03 Å². The third-order valence-corrected chi connectivity index (χ3v) is 3.16. The molecule has 0 saturated carbocycles. The van der Waals surface area contributed by atoms with Gasteiger partial charge in [0.1, 0.15) is 12.4 Å². The smallest absolute Gasteiger partial charge is 0.314 e. The van der Waals surface area contributed by atoms with Crippen molar-refractivity contribution < 1.29 is 13.6 Å². The zero-order chi connectivity index (χ0) is 14.9. The number of rotatable bonds is 7. The fourth-order valence-corrected chi connectivity index (χ4v) is 2.13. The molecule has 2 aromatic rings. The quantitative estimate of drug-likeness (QED) is 0.824. The first-order chi connectivity index (χ1) is 10.3. The molecular weight excluding hydrogens is 271 g/mol. The van der Waals surface area contributed by atoms with Gasteiger partial charge in [0.15, 0.2) is 0 Å². The Bertz CT molecular complexity index is 528. The molecule has 21 heavy (non-hydrogen) atoms. The molecule has 0 aliphatic carbocycles. The minimum Gasteiger partial charge on any atom is -0.469 e. The van der Waals surface area contributed by atoms with E-state index >= 15 is 0 Å². The summed E-state index contributed by atoms with van der Waals surface area (Å²) in [6.07, 6.45) is 2.38. The van der Waals surface area contributed by atoms with Gasteiger partial charge in [0.25, 0.3) is 0 Å². The van der Waals surface area contributed by atoms with Crippen LogP contribution in [0.3, 0.4) is 0 Å². The van der Waals surface area contributed by atoms with E-state index in [-0.39, 0.29) is 18.5 Å². The zero-order valence-corrected chi connectivity index (χ0v) is 11.7. The summed E-state index contributed by atoms with van der Waals surface area (Å²) in [4.78, 5) is 11.5. The summed E-state index contributed by atoms with van der Waals surface area (Å²) in [6, 6.07) is 13.4. The third kappa shape index (κ3) is 4.95. The van der Waals surface area contributed by atoms with E-state index in [4.69, 9.17) is 4.42 Å². The van der Waals surface area contributed by atoms with Gasteiger partial charge in [-0.3, -0.25) is 0 Å². The summed E-state index contributed by atoms with van der Waals surface area (Å²) < 4.78 is 17.5. The SMILES string of the molecule is O=C(NCCF)NCC(Cc1ccccc1)c1ccco1. The number of furan rings is 1. The highest BCUT2D eigenvalue weighted by Crippen LogP contribution is 2.20. The van der Waals surface area contributed by atoms with E-state index in [2.05, 4.69) is 10.6 Å². The lowest BCUT2D eigenvalue weighted by Gasteiger charge is -2.16. The monoisotopic (exact) mass is 290 g/mol. The molecule has 112 valence electrons. The number of urea groups is 1. The van der Waals surface area contributed by atoms with Crippen LogP contribution in [0.15, 0.2) is 53.1 Å². The van der Waals surface area contributed by atoms with Crippen LogP contribution in [0, 0.1) is 0 Å². The fourth-order valence-electron chi connectivity index (χ4n) is 2.13. The predicted molar refractivity (Wildman–Crippen MR) is 79.0 cm³/mol. The number of benzene rings is 1. The maximum Gasteiger partial charge on any atom is 0.314 e. The van der Waals surface area contributed by atoms with Crippen molar-refractivity contribution in [1.82, 2.24) is 10.6 Å². The van der Waals surface area contributed by atoms with Gasteiger partial charge in [0, 0.05) is 19.0 Å². The maximum atomic E-state index is 12.0. The van der Waals surface area contributed by atoms with Crippen molar-refractivity contribution in [3.63, 3.8) is 0 Å². The Morgan fingerprint density at radius 3 is 2.62 bits per heavy atom. The number of hydrogen-bond donors (Lipinski definition) is 2. The number of amides is 2. The van der Waals surface area contributed by atoms with Gasteiger partial charge in [0.05, 0.1) is 6.26 Å². The maximum absolute atomic E-state index is 12.0. The van der Waals surface area contributed by atoms with Crippen molar-refractivity contribution in [2.24, 2.45) is 0 Å². The summed E-state index contributed by atoms with van der Waals surface area (Å²) in [5, 5.41) is 5.19. The number of carbonyl (C=O) groups excluding carboxylic acids is 1. The molecule has 0 saturated heterocycles. The topological polar surface area (TPSA) is 54.3 Å². The standard InChI is InChI=1S/C16H19FN2O2/c17-8-9-18-16(20)19-12-14(15-7-4-10-21-15)11-13-5-2-1-3-6-13/h1-7,10,14H,8-9,11-12H2,(H2,18,19,20). The molecule has 0 fully saturated rings. The van der Waals surface area contributed by atoms with E-state index in [1.165, 1.54) is 5.56 Å². The van der Waals surface area contributed by atoms with Gasteiger partial charge in [-0.15, -0.1) is 0 Å². The van der Waals surface area contributed by atoms with Crippen molar-refractivity contribution in [1.29, 1.82) is 0 Å². The van der Waals surface area contributed by atoms with E-state index in [0.717, 1.165) is 12.2 Å². The fraction of sp³-hybridized carbons (Fsp3) is 0.312.